The SMILES string of the molecule is CCOP(=O)(CN)OCC.CCOP(=O)(CNC(=O)c1ccc(N(C)Cc2cnc3nc(N)nc(N)c3n2)cc1)OCC.CN(Cc1cnc2nc(N)nc(N)c2n1)c1ccc(C(=O)O)cc1. The highest BCUT2D eigenvalue weighted by molar-refractivity contribution is 7.54. The van der Waals surface area contributed by atoms with Gasteiger partial charge in [0.2, 0.25) is 11.9 Å². The van der Waals surface area contributed by atoms with Gasteiger partial charge in [-0.3, -0.25) is 13.9 Å². The second-order valence-electron chi connectivity index (χ2n) is 13.9. The van der Waals surface area contributed by atoms with Gasteiger partial charge in [0.05, 0.1) is 75.1 Å². The molecule has 0 bridgehead atoms. The van der Waals surface area contributed by atoms with Crippen LogP contribution in [0.4, 0.5) is 34.9 Å². The molecule has 0 aliphatic rings. The normalized spacial score (nSPS) is 11.3. The number of aromatic nitrogens is 8. The van der Waals surface area contributed by atoms with Crippen LogP contribution in [0.3, 0.4) is 0 Å². The molecule has 0 unspecified atom stereocenters. The fourth-order valence-corrected chi connectivity index (χ4v) is 8.29. The summed E-state index contributed by atoms with van der Waals surface area (Å²) in [4.78, 5) is 60.3. The van der Waals surface area contributed by atoms with Gasteiger partial charge < -0.3 is 67.0 Å². The Labute approximate surface area is 386 Å². The van der Waals surface area contributed by atoms with E-state index < -0.39 is 21.2 Å². The Balaban J connectivity index is 0.000000251. The number of carboxylic acid groups (broad SMARTS) is 1. The molecule has 25 nitrogen and oxygen atoms in total. The number of hydrogen-bond acceptors (Lipinski definition) is 23. The van der Waals surface area contributed by atoms with Crippen LogP contribution in [-0.4, -0.2) is 110 Å². The second-order valence-corrected chi connectivity index (χ2v) is 18.0. The van der Waals surface area contributed by atoms with Crippen molar-refractivity contribution in [1.29, 1.82) is 0 Å². The van der Waals surface area contributed by atoms with E-state index in [9.17, 15) is 18.7 Å². The number of nitrogen functional groups attached to an aromatic ring is 4. The van der Waals surface area contributed by atoms with Crippen molar-refractivity contribution in [3.8, 4) is 0 Å². The molecule has 0 radical (unpaired) electrons. The molecule has 0 fully saturated rings. The molecule has 1 amide bonds. The summed E-state index contributed by atoms with van der Waals surface area (Å²) in [5, 5.41) is 11.5. The smallest absolute Gasteiger partial charge is 0.349 e. The van der Waals surface area contributed by atoms with Crippen molar-refractivity contribution in [2.45, 2.75) is 40.8 Å². The first-order valence-corrected chi connectivity index (χ1v) is 24.0. The average Bonchev–Trinajstić information content (AvgIpc) is 3.29. The number of carbonyl (C=O) groups is 2. The topological polar surface area (TPSA) is 377 Å². The summed E-state index contributed by atoms with van der Waals surface area (Å²) in [7, 11) is -2.54. The van der Waals surface area contributed by atoms with Crippen LogP contribution in [0.5, 0.6) is 0 Å². The first-order chi connectivity index (χ1) is 31.9. The predicted molar refractivity (Wildman–Crippen MR) is 255 cm³/mol. The van der Waals surface area contributed by atoms with Gasteiger partial charge in [-0.2, -0.15) is 19.9 Å². The fraction of sp³-hybridized carbons (Fsp3) is 0.350. The lowest BCUT2D eigenvalue weighted by molar-refractivity contribution is 0.0696. The van der Waals surface area contributed by atoms with Gasteiger partial charge in [0.15, 0.2) is 34.0 Å². The molecule has 6 aromatic rings. The molecular formula is C40H56N16O9P2. The second kappa shape index (κ2) is 24.7. The predicted octanol–water partition coefficient (Wildman–Crippen LogP) is 4.26. The van der Waals surface area contributed by atoms with Crippen LogP contribution in [0, 0.1) is 0 Å². The third-order valence-corrected chi connectivity index (χ3v) is 12.5. The molecule has 0 saturated heterocycles. The van der Waals surface area contributed by atoms with Crippen LogP contribution in [0.25, 0.3) is 22.3 Å². The van der Waals surface area contributed by atoms with Crippen molar-refractivity contribution < 1.29 is 41.9 Å². The van der Waals surface area contributed by atoms with Crippen LogP contribution in [0.1, 0.15) is 59.8 Å². The Kier molecular flexibility index (Phi) is 19.5. The van der Waals surface area contributed by atoms with E-state index in [1.165, 1.54) is 0 Å². The zero-order valence-electron chi connectivity index (χ0n) is 37.9. The zero-order chi connectivity index (χ0) is 49.3. The highest BCUT2D eigenvalue weighted by Crippen LogP contribution is 2.47. The monoisotopic (exact) mass is 966 g/mol. The number of anilines is 6. The van der Waals surface area contributed by atoms with E-state index in [0.717, 1.165) is 11.4 Å². The standard InChI is InChI=1S/C20H27N8O4P.C15H15N7O2.C5H14NO3P/c1-4-31-33(30,32-5-2)12-24-19(29)13-6-8-15(9-7-13)28(3)11-14-10-23-18-16(25-14)17(21)26-20(22)27-18;1-22(10-4-2-8(3-5-10)14(23)24)7-9-6-18-13-11(19-9)12(16)20-15(17)21-13;1-3-8-10(7,5-6)9-4-2/h6-10H,4-5,11-12H2,1-3H3,(H,24,29)(H4,21,22,23,26,27);2-6H,7H2,1H3,(H,23,24)(H4,16,17,18,20,21);3-6H2,1-2H3. The quantitative estimate of drug-likeness (QED) is 0.0557. The van der Waals surface area contributed by atoms with Crippen molar-refractivity contribution >= 4 is 84.3 Å². The number of fused-ring (bicyclic) bond motifs is 2. The van der Waals surface area contributed by atoms with E-state index in [1.807, 2.05) is 23.9 Å². The average molecular weight is 967 g/mol. The molecule has 67 heavy (non-hydrogen) atoms. The van der Waals surface area contributed by atoms with Crippen LogP contribution in [-0.2, 0) is 40.3 Å². The Bertz CT molecular complexity index is 2680. The summed E-state index contributed by atoms with van der Waals surface area (Å²) in [6, 6.07) is 13.5. The lowest BCUT2D eigenvalue weighted by Gasteiger charge is -2.19. The van der Waals surface area contributed by atoms with Crippen LogP contribution >= 0.6 is 15.2 Å². The van der Waals surface area contributed by atoms with Gasteiger partial charge in [-0.1, -0.05) is 0 Å². The molecule has 27 heteroatoms. The molecule has 4 heterocycles. The summed E-state index contributed by atoms with van der Waals surface area (Å²) in [5.41, 5.74) is 33.1. The Hall–Kier alpha value is -6.72. The summed E-state index contributed by atoms with van der Waals surface area (Å²) >= 11 is 0. The molecule has 2 aromatic carbocycles. The minimum Gasteiger partial charge on any atom is -0.478 e. The Morgan fingerprint density at radius 1 is 0.612 bits per heavy atom. The summed E-state index contributed by atoms with van der Waals surface area (Å²) in [6.07, 6.45) is 2.95. The maximum absolute atomic E-state index is 12.5. The van der Waals surface area contributed by atoms with Crippen molar-refractivity contribution in [2.75, 3.05) is 85.8 Å². The molecular weight excluding hydrogens is 910 g/mol. The lowest BCUT2D eigenvalue weighted by Crippen LogP contribution is -2.26. The molecule has 0 atom stereocenters. The van der Waals surface area contributed by atoms with Crippen molar-refractivity contribution in [3.63, 3.8) is 0 Å². The Morgan fingerprint density at radius 2 is 1.00 bits per heavy atom. The number of carbonyl (C=O) groups excluding carboxylic acids is 1. The molecule has 12 N–H and O–H groups in total. The largest absolute Gasteiger partial charge is 0.478 e. The highest BCUT2D eigenvalue weighted by Gasteiger charge is 2.25. The first kappa shape index (κ1) is 52.9. The number of amides is 1. The van der Waals surface area contributed by atoms with E-state index in [4.69, 9.17) is 51.9 Å². The molecule has 4 aromatic heterocycles. The van der Waals surface area contributed by atoms with Crippen molar-refractivity contribution in [2.24, 2.45) is 5.73 Å². The number of benzene rings is 2. The zero-order valence-corrected chi connectivity index (χ0v) is 39.7. The number of nitrogens with one attached hydrogen (secondary N) is 1. The third kappa shape index (κ3) is 15.4. The fourth-order valence-electron chi connectivity index (χ4n) is 5.84. The molecule has 0 aliphatic heterocycles. The van der Waals surface area contributed by atoms with E-state index in [2.05, 4.69) is 45.2 Å². The molecule has 0 aliphatic carbocycles. The summed E-state index contributed by atoms with van der Waals surface area (Å²) < 4.78 is 43.7. The van der Waals surface area contributed by atoms with E-state index in [-0.39, 0.29) is 60.8 Å². The van der Waals surface area contributed by atoms with Gasteiger partial charge in [-0.05, 0) is 76.2 Å². The first-order valence-electron chi connectivity index (χ1n) is 20.6. The van der Waals surface area contributed by atoms with E-state index in [0.29, 0.717) is 65.6 Å². The van der Waals surface area contributed by atoms with Gasteiger partial charge in [0.25, 0.3) is 5.91 Å². The maximum atomic E-state index is 12.5. The van der Waals surface area contributed by atoms with Crippen LogP contribution in [0.2, 0.25) is 0 Å². The number of nitrogens with two attached hydrogens (primary N) is 5. The van der Waals surface area contributed by atoms with Gasteiger partial charge in [0.1, 0.15) is 6.29 Å². The number of aromatic carboxylic acids is 1. The number of hydrogen-bond donors (Lipinski definition) is 7. The minimum atomic E-state index is -3.36. The van der Waals surface area contributed by atoms with E-state index in [1.54, 1.807) is 88.6 Å². The van der Waals surface area contributed by atoms with Gasteiger partial charge in [-0.25, -0.2) is 24.7 Å². The van der Waals surface area contributed by atoms with Gasteiger partial charge >= 0.3 is 21.2 Å². The van der Waals surface area contributed by atoms with Gasteiger partial charge in [-0.15, -0.1) is 0 Å². The van der Waals surface area contributed by atoms with Crippen molar-refractivity contribution in [3.05, 3.63) is 83.4 Å². The molecule has 360 valence electrons. The third-order valence-electron chi connectivity index (χ3n) is 8.89. The minimum absolute atomic E-state index is 0.0434. The molecule has 6 rings (SSSR count). The molecule has 0 saturated carbocycles. The number of nitrogens with zero attached hydrogens (tertiary/aromatic N) is 10. The Morgan fingerprint density at radius 3 is 1.37 bits per heavy atom. The number of rotatable bonds is 19. The van der Waals surface area contributed by atoms with Crippen LogP contribution in [0.15, 0.2) is 60.9 Å². The lowest BCUT2D eigenvalue weighted by atomic mass is 10.2. The highest BCUT2D eigenvalue weighted by atomic mass is 31.2. The van der Waals surface area contributed by atoms with Crippen LogP contribution < -0.4 is 43.8 Å². The summed E-state index contributed by atoms with van der Waals surface area (Å²) in [6.45, 7) is 9.01. The van der Waals surface area contributed by atoms with E-state index >= 15 is 0 Å². The molecule has 0 spiro atoms. The maximum Gasteiger partial charge on any atom is 0.349 e. The number of carboxylic acids is 1. The summed E-state index contributed by atoms with van der Waals surface area (Å²) in [5.74, 6) is -0.888. The van der Waals surface area contributed by atoms with Gasteiger partial charge in [0, 0.05) is 31.0 Å². The van der Waals surface area contributed by atoms with Crippen molar-refractivity contribution in [1.82, 2.24) is 45.2 Å².